The van der Waals surface area contributed by atoms with Gasteiger partial charge in [-0.15, -0.1) is 11.3 Å². The number of thiophene rings is 1. The number of hydrogen-bond acceptors (Lipinski definition) is 5. The van der Waals surface area contributed by atoms with Crippen molar-refractivity contribution in [2.24, 2.45) is 5.92 Å². The van der Waals surface area contributed by atoms with E-state index in [9.17, 15) is 4.79 Å². The van der Waals surface area contributed by atoms with Crippen LogP contribution in [-0.2, 0) is 22.6 Å². The molecule has 0 spiro atoms. The van der Waals surface area contributed by atoms with Gasteiger partial charge in [0.05, 0.1) is 24.8 Å². The highest BCUT2D eigenvalue weighted by molar-refractivity contribution is 7.09. The van der Waals surface area contributed by atoms with Gasteiger partial charge in [-0.05, 0) is 36.4 Å². The van der Waals surface area contributed by atoms with Crippen molar-refractivity contribution in [3.8, 4) is 0 Å². The van der Waals surface area contributed by atoms with E-state index in [1.54, 1.807) is 17.6 Å². The Kier molecular flexibility index (Phi) is 4.69. The van der Waals surface area contributed by atoms with Gasteiger partial charge in [-0.3, -0.25) is 9.69 Å². The summed E-state index contributed by atoms with van der Waals surface area (Å²) in [5, 5.41) is 5.11. The van der Waals surface area contributed by atoms with Crippen LogP contribution in [-0.4, -0.2) is 36.1 Å². The summed E-state index contributed by atoms with van der Waals surface area (Å²) in [7, 11) is 0. The Labute approximate surface area is 145 Å². The first kappa shape index (κ1) is 15.9. The Morgan fingerprint density at radius 3 is 3.12 bits per heavy atom. The number of carbonyl (C=O) groups is 1. The average Bonchev–Trinajstić information content (AvgIpc) is 3.33. The van der Waals surface area contributed by atoms with E-state index in [1.165, 1.54) is 4.88 Å². The second-order valence-electron chi connectivity index (χ2n) is 6.50. The molecule has 6 heteroatoms. The third-order valence-corrected chi connectivity index (χ3v) is 5.80. The molecule has 24 heavy (non-hydrogen) atoms. The lowest BCUT2D eigenvalue weighted by molar-refractivity contribution is -0.130. The maximum absolute atomic E-state index is 12.6. The first-order chi connectivity index (χ1) is 11.8. The average molecular weight is 346 g/mol. The maximum Gasteiger partial charge on any atom is 0.224 e. The van der Waals surface area contributed by atoms with Gasteiger partial charge in [-0.25, -0.2) is 0 Å². The zero-order valence-corrected chi connectivity index (χ0v) is 14.3. The first-order valence-electron chi connectivity index (χ1n) is 8.48. The number of nitrogens with zero attached hydrogens (tertiary/aromatic N) is 1. The highest BCUT2D eigenvalue weighted by atomic mass is 32.1. The Balaban J connectivity index is 1.40. The van der Waals surface area contributed by atoms with Crippen LogP contribution in [0.5, 0.6) is 0 Å². The molecule has 0 unspecified atom stereocenters. The van der Waals surface area contributed by atoms with Crippen molar-refractivity contribution in [3.05, 3.63) is 46.5 Å². The standard InChI is InChI=1S/C18H22N2O3S/c21-18(19-10-14-3-1-6-22-14)13-9-17-16(5-7-23-17)20(11-13)12-15-4-2-8-24-15/h1-4,6,8,13,16-17H,5,7,9-12H2,(H,19,21)/t13-,16-,17-/m0/s1. The van der Waals surface area contributed by atoms with Crippen molar-refractivity contribution in [3.63, 3.8) is 0 Å². The number of likely N-dealkylation sites (tertiary alicyclic amines) is 1. The number of nitrogens with one attached hydrogen (secondary N) is 1. The summed E-state index contributed by atoms with van der Waals surface area (Å²) in [4.78, 5) is 16.4. The number of hydrogen-bond donors (Lipinski definition) is 1. The molecule has 0 aliphatic carbocycles. The third-order valence-electron chi connectivity index (χ3n) is 4.94. The van der Waals surface area contributed by atoms with E-state index in [0.29, 0.717) is 12.6 Å². The molecule has 0 bridgehead atoms. The summed E-state index contributed by atoms with van der Waals surface area (Å²) in [5.74, 6) is 0.848. The van der Waals surface area contributed by atoms with E-state index in [1.807, 2.05) is 12.1 Å². The highest BCUT2D eigenvalue weighted by Gasteiger charge is 2.42. The van der Waals surface area contributed by atoms with Crippen LogP contribution in [0, 0.1) is 5.92 Å². The van der Waals surface area contributed by atoms with Crippen molar-refractivity contribution in [1.29, 1.82) is 0 Å². The van der Waals surface area contributed by atoms with Crippen LogP contribution < -0.4 is 5.32 Å². The summed E-state index contributed by atoms with van der Waals surface area (Å²) in [6.07, 6.45) is 3.69. The monoisotopic (exact) mass is 346 g/mol. The second-order valence-corrected chi connectivity index (χ2v) is 7.54. The molecule has 2 aromatic rings. The quantitative estimate of drug-likeness (QED) is 0.904. The smallest absolute Gasteiger partial charge is 0.224 e. The number of fused-ring (bicyclic) bond motifs is 1. The number of ether oxygens (including phenoxy) is 1. The van der Waals surface area contributed by atoms with Crippen molar-refractivity contribution in [2.75, 3.05) is 13.2 Å². The van der Waals surface area contributed by atoms with Gasteiger partial charge < -0.3 is 14.5 Å². The van der Waals surface area contributed by atoms with Gasteiger partial charge in [0, 0.05) is 30.6 Å². The van der Waals surface area contributed by atoms with Gasteiger partial charge in [0.1, 0.15) is 5.76 Å². The van der Waals surface area contributed by atoms with Crippen LogP contribution in [0.1, 0.15) is 23.5 Å². The minimum absolute atomic E-state index is 0.0284. The highest BCUT2D eigenvalue weighted by Crippen LogP contribution is 2.33. The minimum atomic E-state index is -0.0284. The van der Waals surface area contributed by atoms with Crippen LogP contribution in [0.15, 0.2) is 40.3 Å². The summed E-state index contributed by atoms with van der Waals surface area (Å²) >= 11 is 1.77. The van der Waals surface area contributed by atoms with Crippen molar-refractivity contribution in [1.82, 2.24) is 10.2 Å². The molecular formula is C18H22N2O3S. The molecule has 0 saturated carbocycles. The van der Waals surface area contributed by atoms with Crippen LogP contribution in [0.25, 0.3) is 0 Å². The third kappa shape index (κ3) is 3.41. The van der Waals surface area contributed by atoms with Crippen molar-refractivity contribution < 1.29 is 13.9 Å². The SMILES string of the molecule is O=C(NCc1ccco1)[C@H]1C[C@@H]2OCC[C@@H]2N(Cc2cccs2)C1. The van der Waals surface area contributed by atoms with Gasteiger partial charge in [0.25, 0.3) is 0 Å². The van der Waals surface area contributed by atoms with E-state index in [-0.39, 0.29) is 17.9 Å². The molecule has 2 aliphatic rings. The number of piperidine rings is 1. The van der Waals surface area contributed by atoms with Crippen molar-refractivity contribution >= 4 is 17.2 Å². The lowest BCUT2D eigenvalue weighted by Gasteiger charge is -2.40. The van der Waals surface area contributed by atoms with E-state index in [2.05, 4.69) is 27.7 Å². The molecule has 0 aromatic carbocycles. The van der Waals surface area contributed by atoms with E-state index >= 15 is 0 Å². The molecule has 4 heterocycles. The molecule has 128 valence electrons. The molecular weight excluding hydrogens is 324 g/mol. The normalized spacial score (nSPS) is 27.1. The fourth-order valence-electron chi connectivity index (χ4n) is 3.76. The molecule has 1 amide bonds. The lowest BCUT2D eigenvalue weighted by Crippen LogP contribution is -2.52. The van der Waals surface area contributed by atoms with Gasteiger partial charge in [-0.2, -0.15) is 0 Å². The van der Waals surface area contributed by atoms with E-state index in [4.69, 9.17) is 9.15 Å². The molecule has 0 radical (unpaired) electrons. The Hall–Kier alpha value is -1.63. The number of furan rings is 1. The predicted molar refractivity (Wildman–Crippen MR) is 91.5 cm³/mol. The molecule has 3 atom stereocenters. The van der Waals surface area contributed by atoms with Crippen molar-refractivity contribution in [2.45, 2.75) is 38.1 Å². The number of rotatable bonds is 5. The zero-order valence-electron chi connectivity index (χ0n) is 13.5. The second kappa shape index (κ2) is 7.09. The molecule has 2 aliphatic heterocycles. The van der Waals surface area contributed by atoms with Crippen LogP contribution >= 0.6 is 11.3 Å². The minimum Gasteiger partial charge on any atom is -0.467 e. The molecule has 4 rings (SSSR count). The van der Waals surface area contributed by atoms with Crippen LogP contribution in [0.4, 0.5) is 0 Å². The fraction of sp³-hybridized carbons (Fsp3) is 0.500. The van der Waals surface area contributed by atoms with E-state index in [0.717, 1.165) is 38.3 Å². The molecule has 5 nitrogen and oxygen atoms in total. The Morgan fingerprint density at radius 1 is 1.38 bits per heavy atom. The fourth-order valence-corrected chi connectivity index (χ4v) is 4.49. The largest absolute Gasteiger partial charge is 0.467 e. The van der Waals surface area contributed by atoms with Gasteiger partial charge in [-0.1, -0.05) is 6.07 Å². The number of amides is 1. The summed E-state index contributed by atoms with van der Waals surface area (Å²) in [5.41, 5.74) is 0. The van der Waals surface area contributed by atoms with Gasteiger partial charge in [0.2, 0.25) is 5.91 Å². The summed E-state index contributed by atoms with van der Waals surface area (Å²) < 4.78 is 11.2. The van der Waals surface area contributed by atoms with Crippen LogP contribution in [0.3, 0.4) is 0 Å². The molecule has 1 N–H and O–H groups in total. The zero-order chi connectivity index (χ0) is 16.4. The van der Waals surface area contributed by atoms with Gasteiger partial charge >= 0.3 is 0 Å². The Morgan fingerprint density at radius 2 is 2.33 bits per heavy atom. The van der Waals surface area contributed by atoms with Crippen LogP contribution in [0.2, 0.25) is 0 Å². The van der Waals surface area contributed by atoms with Gasteiger partial charge in [0.15, 0.2) is 0 Å². The maximum atomic E-state index is 12.6. The first-order valence-corrected chi connectivity index (χ1v) is 9.35. The predicted octanol–water partition coefficient (Wildman–Crippen LogP) is 2.64. The molecule has 2 fully saturated rings. The van der Waals surface area contributed by atoms with E-state index < -0.39 is 0 Å². The summed E-state index contributed by atoms with van der Waals surface area (Å²) in [6, 6.07) is 8.40. The number of carbonyl (C=O) groups excluding carboxylic acids is 1. The summed E-state index contributed by atoms with van der Waals surface area (Å²) in [6.45, 7) is 2.95. The lowest BCUT2D eigenvalue weighted by atomic mass is 9.89. The molecule has 2 aromatic heterocycles. The molecule has 2 saturated heterocycles. The Bertz CT molecular complexity index is 656. The topological polar surface area (TPSA) is 54.7 Å².